The van der Waals surface area contributed by atoms with Crippen LogP contribution in [-0.2, 0) is 19.1 Å². The van der Waals surface area contributed by atoms with E-state index >= 15 is 0 Å². The minimum Gasteiger partial charge on any atom is -0.481 e. The summed E-state index contributed by atoms with van der Waals surface area (Å²) in [5.41, 5.74) is 4.80. The van der Waals surface area contributed by atoms with E-state index in [1.54, 1.807) is 0 Å². The Bertz CT molecular complexity index is 241. The van der Waals surface area contributed by atoms with E-state index < -0.39 is 11.9 Å². The average Bonchev–Trinajstić information content (AvgIpc) is 2.13. The molecule has 86 valence electrons. The first-order valence-electron chi connectivity index (χ1n) is 4.37. The van der Waals surface area contributed by atoms with Gasteiger partial charge in [-0.3, -0.25) is 14.4 Å². The maximum atomic E-state index is 10.9. The number of nitrogens with one attached hydrogen (secondary N) is 1. The van der Waals surface area contributed by atoms with Crippen molar-refractivity contribution >= 4 is 17.8 Å². The smallest absolute Gasteiger partial charge is 0.303 e. The van der Waals surface area contributed by atoms with E-state index in [1.165, 1.54) is 0 Å². The molecule has 0 aromatic rings. The van der Waals surface area contributed by atoms with Crippen LogP contribution in [0.15, 0.2) is 0 Å². The average molecular weight is 218 g/mol. The van der Waals surface area contributed by atoms with E-state index in [0.29, 0.717) is 0 Å². The van der Waals surface area contributed by atoms with E-state index in [4.69, 9.17) is 15.6 Å². The highest BCUT2D eigenvalue weighted by Crippen LogP contribution is 1.87. The summed E-state index contributed by atoms with van der Waals surface area (Å²) >= 11 is 0. The predicted molar refractivity (Wildman–Crippen MR) is 49.9 cm³/mol. The van der Waals surface area contributed by atoms with Crippen molar-refractivity contribution in [3.63, 3.8) is 0 Å². The molecule has 0 unspecified atom stereocenters. The Morgan fingerprint density at radius 1 is 1.27 bits per heavy atom. The molecule has 0 heterocycles. The number of carboxylic acids is 1. The van der Waals surface area contributed by atoms with Gasteiger partial charge in [-0.15, -0.1) is 0 Å². The second-order valence-corrected chi connectivity index (χ2v) is 2.76. The molecule has 0 fully saturated rings. The van der Waals surface area contributed by atoms with E-state index in [0.717, 1.165) is 0 Å². The second kappa shape index (κ2) is 7.74. The van der Waals surface area contributed by atoms with Crippen LogP contribution in [0.4, 0.5) is 0 Å². The van der Waals surface area contributed by atoms with Gasteiger partial charge in [0.15, 0.2) is 0 Å². The van der Waals surface area contributed by atoms with Gasteiger partial charge in [0.1, 0.15) is 6.61 Å². The molecule has 0 aliphatic carbocycles. The van der Waals surface area contributed by atoms with E-state index in [9.17, 15) is 14.4 Å². The van der Waals surface area contributed by atoms with Crippen molar-refractivity contribution in [2.24, 2.45) is 5.73 Å². The number of hydrogen-bond acceptors (Lipinski definition) is 4. The molecule has 7 nitrogen and oxygen atoms in total. The van der Waals surface area contributed by atoms with Gasteiger partial charge in [-0.1, -0.05) is 0 Å². The Labute approximate surface area is 86.6 Å². The number of amides is 2. The molecule has 0 atom stereocenters. The summed E-state index contributed by atoms with van der Waals surface area (Å²) in [5, 5.41) is 10.7. The minimum absolute atomic E-state index is 0.0643. The zero-order valence-electron chi connectivity index (χ0n) is 8.19. The molecule has 0 bridgehead atoms. The van der Waals surface area contributed by atoms with Gasteiger partial charge >= 0.3 is 5.97 Å². The molecule has 0 aromatic heterocycles. The van der Waals surface area contributed by atoms with Crippen LogP contribution < -0.4 is 11.1 Å². The predicted octanol–water partition coefficient (Wildman–Crippen LogP) is -1.53. The number of carboxylic acid groups (broad SMARTS) is 1. The zero-order chi connectivity index (χ0) is 11.7. The van der Waals surface area contributed by atoms with Crippen molar-refractivity contribution in [1.29, 1.82) is 0 Å². The second-order valence-electron chi connectivity index (χ2n) is 2.76. The third-order valence-electron chi connectivity index (χ3n) is 1.38. The van der Waals surface area contributed by atoms with Crippen LogP contribution in [0.25, 0.3) is 0 Å². The standard InChI is InChI=1S/C8H14N2O5/c9-6(11)5-15-4-3-10-7(12)1-2-8(13)14/h1-5H2,(H2,9,11)(H,10,12)(H,13,14). The first-order valence-corrected chi connectivity index (χ1v) is 4.37. The molecule has 0 radical (unpaired) electrons. The third kappa shape index (κ3) is 10.3. The Balaban J connectivity index is 3.31. The monoisotopic (exact) mass is 218 g/mol. The lowest BCUT2D eigenvalue weighted by Crippen LogP contribution is -2.29. The lowest BCUT2D eigenvalue weighted by Gasteiger charge is -2.04. The first-order chi connectivity index (χ1) is 7.02. The molecule has 7 heteroatoms. The number of hydrogen-bond donors (Lipinski definition) is 3. The van der Waals surface area contributed by atoms with Gasteiger partial charge in [0, 0.05) is 13.0 Å². The molecule has 15 heavy (non-hydrogen) atoms. The lowest BCUT2D eigenvalue weighted by atomic mass is 10.3. The highest BCUT2D eigenvalue weighted by molar-refractivity contribution is 5.80. The van der Waals surface area contributed by atoms with Crippen molar-refractivity contribution < 1.29 is 24.2 Å². The van der Waals surface area contributed by atoms with Crippen molar-refractivity contribution in [3.05, 3.63) is 0 Å². The van der Waals surface area contributed by atoms with Gasteiger partial charge in [-0.05, 0) is 0 Å². The van der Waals surface area contributed by atoms with E-state index in [1.807, 2.05) is 0 Å². The number of primary amides is 1. The third-order valence-corrected chi connectivity index (χ3v) is 1.38. The number of nitrogens with two attached hydrogens (primary N) is 1. The molecule has 0 aliphatic rings. The van der Waals surface area contributed by atoms with Gasteiger partial charge in [0.05, 0.1) is 13.0 Å². The Morgan fingerprint density at radius 3 is 2.47 bits per heavy atom. The van der Waals surface area contributed by atoms with Gasteiger partial charge in [-0.25, -0.2) is 0 Å². The maximum Gasteiger partial charge on any atom is 0.303 e. The van der Waals surface area contributed by atoms with Crippen molar-refractivity contribution in [2.45, 2.75) is 12.8 Å². The highest BCUT2D eigenvalue weighted by atomic mass is 16.5. The van der Waals surface area contributed by atoms with Crippen LogP contribution >= 0.6 is 0 Å². The molecule has 0 aromatic carbocycles. The molecule has 4 N–H and O–H groups in total. The fourth-order valence-corrected chi connectivity index (χ4v) is 0.744. The van der Waals surface area contributed by atoms with Gasteiger partial charge in [-0.2, -0.15) is 0 Å². The number of ether oxygens (including phenoxy) is 1. The Hall–Kier alpha value is -1.63. The number of carbonyl (C=O) groups excluding carboxylic acids is 2. The summed E-state index contributed by atoms with van der Waals surface area (Å²) in [4.78, 5) is 31.2. The fourth-order valence-electron chi connectivity index (χ4n) is 0.744. The summed E-state index contributed by atoms with van der Waals surface area (Å²) in [7, 11) is 0. The van der Waals surface area contributed by atoms with Crippen molar-refractivity contribution in [2.75, 3.05) is 19.8 Å². The molecule has 0 rings (SSSR count). The van der Waals surface area contributed by atoms with E-state index in [2.05, 4.69) is 5.32 Å². The van der Waals surface area contributed by atoms with Crippen LogP contribution in [0.1, 0.15) is 12.8 Å². The summed E-state index contributed by atoms with van der Waals surface area (Å²) in [6.07, 6.45) is -0.265. The summed E-state index contributed by atoms with van der Waals surface area (Å²) in [6.45, 7) is 0.207. The van der Waals surface area contributed by atoms with Gasteiger partial charge in [0.25, 0.3) is 0 Å². The van der Waals surface area contributed by atoms with Crippen LogP contribution in [0.3, 0.4) is 0 Å². The molecule has 2 amide bonds. The van der Waals surface area contributed by atoms with E-state index in [-0.39, 0.29) is 38.5 Å². The summed E-state index contributed by atoms with van der Waals surface area (Å²) in [6, 6.07) is 0. The minimum atomic E-state index is -1.02. The topological polar surface area (TPSA) is 119 Å². The van der Waals surface area contributed by atoms with Crippen molar-refractivity contribution in [1.82, 2.24) is 5.32 Å². The number of aliphatic carboxylic acids is 1. The lowest BCUT2D eigenvalue weighted by molar-refractivity contribution is -0.138. The molecule has 0 saturated carbocycles. The van der Waals surface area contributed by atoms with Crippen molar-refractivity contribution in [3.8, 4) is 0 Å². The Morgan fingerprint density at radius 2 is 1.93 bits per heavy atom. The van der Waals surface area contributed by atoms with Crippen LogP contribution in [0, 0.1) is 0 Å². The number of rotatable bonds is 8. The highest BCUT2D eigenvalue weighted by Gasteiger charge is 2.04. The van der Waals surface area contributed by atoms with Crippen LogP contribution in [-0.4, -0.2) is 42.6 Å². The molecular weight excluding hydrogens is 204 g/mol. The Kier molecular flexibility index (Phi) is 6.90. The molecule has 0 saturated heterocycles. The molecular formula is C8H14N2O5. The molecule has 0 spiro atoms. The van der Waals surface area contributed by atoms with Crippen LogP contribution in [0.5, 0.6) is 0 Å². The largest absolute Gasteiger partial charge is 0.481 e. The number of carbonyl (C=O) groups is 3. The fraction of sp³-hybridized carbons (Fsp3) is 0.625. The summed E-state index contributed by atoms with van der Waals surface area (Å²) in [5.74, 6) is -1.96. The van der Waals surface area contributed by atoms with Crippen LogP contribution in [0.2, 0.25) is 0 Å². The maximum absolute atomic E-state index is 10.9. The quantitative estimate of drug-likeness (QED) is 0.427. The zero-order valence-corrected chi connectivity index (χ0v) is 8.19. The van der Waals surface area contributed by atoms with Gasteiger partial charge in [0.2, 0.25) is 11.8 Å². The normalized spacial score (nSPS) is 9.60. The summed E-state index contributed by atoms with van der Waals surface area (Å²) < 4.78 is 4.77. The molecule has 0 aliphatic heterocycles. The first kappa shape index (κ1) is 13.4. The van der Waals surface area contributed by atoms with Gasteiger partial charge < -0.3 is 20.9 Å². The SMILES string of the molecule is NC(=O)COCCNC(=O)CCC(=O)O.